The van der Waals surface area contributed by atoms with Crippen molar-refractivity contribution in [3.05, 3.63) is 41.4 Å². The van der Waals surface area contributed by atoms with E-state index < -0.39 is 12.0 Å². The normalized spacial score (nSPS) is 17.5. The number of carbonyl (C=O) groups is 2. The van der Waals surface area contributed by atoms with E-state index in [4.69, 9.17) is 16.0 Å². The zero-order valence-corrected chi connectivity index (χ0v) is 14.4. The van der Waals surface area contributed by atoms with E-state index >= 15 is 0 Å². The second kappa shape index (κ2) is 7.70. The first-order valence-corrected chi connectivity index (χ1v) is 8.65. The smallest absolute Gasteiger partial charge is 0.326 e. The largest absolute Gasteiger partial charge is 0.480 e. The molecule has 0 spiro atoms. The van der Waals surface area contributed by atoms with Crippen LogP contribution >= 0.6 is 11.6 Å². The molecule has 0 bridgehead atoms. The number of halogens is 1. The summed E-state index contributed by atoms with van der Waals surface area (Å²) in [5.74, 6) is -0.0322. The summed E-state index contributed by atoms with van der Waals surface area (Å²) in [6, 6.07) is 6.50. The summed E-state index contributed by atoms with van der Waals surface area (Å²) in [5, 5.41) is 9.90. The summed E-state index contributed by atoms with van der Waals surface area (Å²) in [6.07, 6.45) is 4.34. The van der Waals surface area contributed by atoms with E-state index in [1.807, 2.05) is 12.1 Å². The van der Waals surface area contributed by atoms with Gasteiger partial charge in [0.15, 0.2) is 11.7 Å². The predicted octanol–water partition coefficient (Wildman–Crippen LogP) is 3.39. The molecule has 0 radical (unpaired) electrons. The maximum Gasteiger partial charge on any atom is 0.326 e. The molecule has 1 saturated heterocycles. The molecule has 2 heterocycles. The molecule has 25 heavy (non-hydrogen) atoms. The molecule has 1 fully saturated rings. The predicted molar refractivity (Wildman–Crippen MR) is 92.3 cm³/mol. The Morgan fingerprint density at radius 1 is 1.28 bits per heavy atom. The van der Waals surface area contributed by atoms with Gasteiger partial charge >= 0.3 is 5.97 Å². The van der Waals surface area contributed by atoms with Crippen LogP contribution in [0.1, 0.15) is 31.6 Å². The molecule has 1 atom stereocenters. The number of nitrogens with zero attached hydrogens (tertiary/aromatic N) is 2. The van der Waals surface area contributed by atoms with Crippen molar-refractivity contribution in [2.75, 3.05) is 6.54 Å². The third-order valence-electron chi connectivity index (χ3n) is 4.34. The molecule has 0 aliphatic carbocycles. The number of carbonyl (C=O) groups excluding carboxylic acids is 1. The lowest BCUT2D eigenvalue weighted by Gasteiger charge is -2.32. The minimum atomic E-state index is -0.936. The zero-order valence-electron chi connectivity index (χ0n) is 13.7. The van der Waals surface area contributed by atoms with Gasteiger partial charge in [-0.2, -0.15) is 0 Å². The quantitative estimate of drug-likeness (QED) is 0.881. The van der Waals surface area contributed by atoms with Crippen LogP contribution in [0.5, 0.6) is 0 Å². The molecule has 1 aliphatic rings. The van der Waals surface area contributed by atoms with Gasteiger partial charge in [0.05, 0.1) is 6.20 Å². The Kier molecular flexibility index (Phi) is 5.38. The highest BCUT2D eigenvalue weighted by Gasteiger charge is 2.31. The Hall–Kier alpha value is -2.34. The first-order valence-electron chi connectivity index (χ1n) is 8.27. The standard InChI is InChI=1S/C18H19ClN2O4/c19-13-6-4-12(5-7-13)15-11-20-16(25-15)8-9-17(22)21-10-2-1-3-14(21)18(23)24/h4-7,11,14H,1-3,8-10H2,(H,23,24)/t14-/m1/s1. The molecule has 1 aromatic heterocycles. The summed E-state index contributed by atoms with van der Waals surface area (Å²) in [6.45, 7) is 0.497. The molecule has 1 N–H and O–H groups in total. The van der Waals surface area contributed by atoms with Crippen molar-refractivity contribution < 1.29 is 19.1 Å². The molecule has 3 rings (SSSR count). The Morgan fingerprint density at radius 2 is 2.04 bits per heavy atom. The van der Waals surface area contributed by atoms with Crippen LogP contribution in [0.3, 0.4) is 0 Å². The van der Waals surface area contributed by atoms with Crippen molar-refractivity contribution in [2.45, 2.75) is 38.1 Å². The van der Waals surface area contributed by atoms with Crippen molar-refractivity contribution in [1.29, 1.82) is 0 Å². The van der Waals surface area contributed by atoms with Crippen LogP contribution in [0.25, 0.3) is 11.3 Å². The molecular formula is C18H19ClN2O4. The monoisotopic (exact) mass is 362 g/mol. The average molecular weight is 363 g/mol. The number of hydrogen-bond acceptors (Lipinski definition) is 4. The van der Waals surface area contributed by atoms with E-state index in [0.29, 0.717) is 36.1 Å². The Bertz CT molecular complexity index is 757. The Balaban J connectivity index is 1.61. The lowest BCUT2D eigenvalue weighted by atomic mass is 10.0. The second-order valence-electron chi connectivity index (χ2n) is 6.06. The van der Waals surface area contributed by atoms with Gasteiger partial charge in [0.1, 0.15) is 6.04 Å². The van der Waals surface area contributed by atoms with Crippen molar-refractivity contribution >= 4 is 23.5 Å². The molecule has 6 nitrogen and oxygen atoms in total. The number of amides is 1. The van der Waals surface area contributed by atoms with E-state index in [2.05, 4.69) is 4.98 Å². The first-order chi connectivity index (χ1) is 12.0. The van der Waals surface area contributed by atoms with Gasteiger partial charge in [-0.15, -0.1) is 0 Å². The Morgan fingerprint density at radius 3 is 2.76 bits per heavy atom. The molecule has 2 aromatic rings. The topological polar surface area (TPSA) is 83.6 Å². The van der Waals surface area contributed by atoms with E-state index in [1.165, 1.54) is 4.90 Å². The number of benzene rings is 1. The number of aliphatic carboxylic acids is 1. The molecule has 0 saturated carbocycles. The van der Waals surface area contributed by atoms with Crippen LogP contribution < -0.4 is 0 Å². The van der Waals surface area contributed by atoms with E-state index in [-0.39, 0.29) is 12.3 Å². The zero-order chi connectivity index (χ0) is 17.8. The average Bonchev–Trinajstić information content (AvgIpc) is 3.09. The third kappa shape index (κ3) is 4.20. The number of aromatic nitrogens is 1. The van der Waals surface area contributed by atoms with E-state index in [0.717, 1.165) is 18.4 Å². The molecule has 1 aromatic carbocycles. The molecule has 7 heteroatoms. The van der Waals surface area contributed by atoms with Crippen LogP contribution in [0.4, 0.5) is 0 Å². The summed E-state index contributed by atoms with van der Waals surface area (Å²) < 4.78 is 5.68. The molecule has 0 unspecified atom stereocenters. The number of likely N-dealkylation sites (tertiary alicyclic amines) is 1. The Labute approximate surface area is 150 Å². The van der Waals surface area contributed by atoms with Gasteiger partial charge in [-0.05, 0) is 43.5 Å². The fraction of sp³-hybridized carbons (Fsp3) is 0.389. The number of piperidine rings is 1. The first kappa shape index (κ1) is 17.5. The second-order valence-corrected chi connectivity index (χ2v) is 6.50. The number of rotatable bonds is 5. The highest BCUT2D eigenvalue weighted by molar-refractivity contribution is 6.30. The van der Waals surface area contributed by atoms with Crippen molar-refractivity contribution in [3.8, 4) is 11.3 Å². The van der Waals surface area contributed by atoms with Gasteiger partial charge in [0, 0.05) is 30.0 Å². The number of aryl methyl sites for hydroxylation is 1. The minimum Gasteiger partial charge on any atom is -0.480 e. The highest BCUT2D eigenvalue weighted by atomic mass is 35.5. The summed E-state index contributed by atoms with van der Waals surface area (Å²) in [5.41, 5.74) is 0.858. The van der Waals surface area contributed by atoms with Gasteiger partial charge in [-0.3, -0.25) is 4.79 Å². The van der Waals surface area contributed by atoms with E-state index in [1.54, 1.807) is 18.3 Å². The molecule has 1 amide bonds. The SMILES string of the molecule is O=C(O)[C@H]1CCCCN1C(=O)CCc1ncc(-c2ccc(Cl)cc2)o1. The summed E-state index contributed by atoms with van der Waals surface area (Å²) >= 11 is 5.87. The fourth-order valence-electron chi connectivity index (χ4n) is 3.02. The van der Waals surface area contributed by atoms with Gasteiger partial charge in [-0.25, -0.2) is 9.78 Å². The van der Waals surface area contributed by atoms with Crippen molar-refractivity contribution in [1.82, 2.24) is 9.88 Å². The lowest BCUT2D eigenvalue weighted by molar-refractivity contribution is -0.152. The molecule has 132 valence electrons. The van der Waals surface area contributed by atoms with Crippen molar-refractivity contribution in [2.24, 2.45) is 0 Å². The number of carboxylic acids is 1. The van der Waals surface area contributed by atoms with E-state index in [9.17, 15) is 14.7 Å². The van der Waals surface area contributed by atoms with Gasteiger partial charge in [0.25, 0.3) is 0 Å². The van der Waals surface area contributed by atoms with Crippen molar-refractivity contribution in [3.63, 3.8) is 0 Å². The summed E-state index contributed by atoms with van der Waals surface area (Å²) in [4.78, 5) is 29.3. The highest BCUT2D eigenvalue weighted by Crippen LogP contribution is 2.23. The number of hydrogen-bond donors (Lipinski definition) is 1. The summed E-state index contributed by atoms with van der Waals surface area (Å²) in [7, 11) is 0. The maximum atomic E-state index is 12.4. The van der Waals surface area contributed by atoms with Crippen LogP contribution in [-0.4, -0.2) is 39.5 Å². The maximum absolute atomic E-state index is 12.4. The lowest BCUT2D eigenvalue weighted by Crippen LogP contribution is -2.48. The van der Waals surface area contributed by atoms with Crippen LogP contribution in [-0.2, 0) is 16.0 Å². The number of carboxylic acid groups (broad SMARTS) is 1. The fourth-order valence-corrected chi connectivity index (χ4v) is 3.14. The minimum absolute atomic E-state index is 0.168. The molecule has 1 aliphatic heterocycles. The third-order valence-corrected chi connectivity index (χ3v) is 4.60. The van der Waals surface area contributed by atoms with Crippen LogP contribution in [0, 0.1) is 0 Å². The van der Waals surface area contributed by atoms with Crippen LogP contribution in [0.15, 0.2) is 34.9 Å². The molecular weight excluding hydrogens is 344 g/mol. The van der Waals surface area contributed by atoms with Gasteiger partial charge < -0.3 is 14.4 Å². The number of oxazole rings is 1. The van der Waals surface area contributed by atoms with Gasteiger partial charge in [-0.1, -0.05) is 11.6 Å². The van der Waals surface area contributed by atoms with Gasteiger partial charge in [0.2, 0.25) is 5.91 Å². The van der Waals surface area contributed by atoms with Crippen LogP contribution in [0.2, 0.25) is 5.02 Å².